The molecule has 0 saturated heterocycles. The van der Waals surface area contributed by atoms with Gasteiger partial charge in [0.05, 0.1) is 17.2 Å². The molecule has 3 atom stereocenters. The Morgan fingerprint density at radius 1 is 1.20 bits per heavy atom. The largest absolute Gasteiger partial charge is 0.486 e. The zero-order valence-electron chi connectivity index (χ0n) is 20.2. The van der Waals surface area contributed by atoms with Crippen molar-refractivity contribution in [3.63, 3.8) is 0 Å². The van der Waals surface area contributed by atoms with E-state index in [1.165, 1.54) is 0 Å². The van der Waals surface area contributed by atoms with Gasteiger partial charge in [-0.1, -0.05) is 42.5 Å². The van der Waals surface area contributed by atoms with Gasteiger partial charge in [0.25, 0.3) is 5.70 Å². The van der Waals surface area contributed by atoms with Crippen molar-refractivity contribution in [2.75, 3.05) is 26.1 Å². The standard InChI is InChI=1S/C26H28N2O6S/c1-5-32-26(29)22-21(19-12-9-13-20-24(19)34-15-14-33-20)23(28(30)31)16(2)27-25(22)35(4)17(3)18-10-7-6-8-11-18/h6-13,17,21H,5,14-15H2,1-4H3/p+1. The lowest BCUT2D eigenvalue weighted by Crippen LogP contribution is -2.36. The molecule has 1 N–H and O–H groups in total. The molecule has 0 spiro atoms. The molecular formula is C26H29N2O6S+. The van der Waals surface area contributed by atoms with Gasteiger partial charge >= 0.3 is 5.97 Å². The van der Waals surface area contributed by atoms with E-state index in [0.717, 1.165) is 5.56 Å². The highest BCUT2D eigenvalue weighted by Gasteiger charge is 2.49. The first-order valence-corrected chi connectivity index (χ1v) is 13.2. The molecule has 0 amide bonds. The van der Waals surface area contributed by atoms with E-state index >= 15 is 0 Å². The van der Waals surface area contributed by atoms with Crippen LogP contribution in [0.2, 0.25) is 0 Å². The zero-order valence-corrected chi connectivity index (χ0v) is 21.0. The number of carbonyl (C=O) groups is 1. The second-order valence-corrected chi connectivity index (χ2v) is 10.5. The number of allylic oxidation sites excluding steroid dienone is 2. The normalized spacial score (nSPS) is 19.0. The van der Waals surface area contributed by atoms with Gasteiger partial charge in [0.2, 0.25) is 5.03 Å². The summed E-state index contributed by atoms with van der Waals surface area (Å²) in [6.45, 7) is 6.34. The highest BCUT2D eigenvalue weighted by atomic mass is 32.2. The summed E-state index contributed by atoms with van der Waals surface area (Å²) in [5.74, 6) is -0.632. The first-order valence-electron chi connectivity index (χ1n) is 11.5. The molecule has 2 aliphatic rings. The Kier molecular flexibility index (Phi) is 7.35. The lowest BCUT2D eigenvalue weighted by atomic mass is 9.85. The number of carbonyl (C=O) groups excluding carboxylic acids is 1. The third-order valence-electron chi connectivity index (χ3n) is 6.21. The molecular weight excluding hydrogens is 468 g/mol. The molecule has 0 radical (unpaired) electrons. The van der Waals surface area contributed by atoms with E-state index < -0.39 is 27.7 Å². The number of esters is 1. The fraction of sp³-hybridized carbons (Fsp3) is 0.346. The number of ether oxygens (including phenoxy) is 3. The van der Waals surface area contributed by atoms with Gasteiger partial charge in [-0.2, -0.15) is 0 Å². The Balaban J connectivity index is 1.94. The van der Waals surface area contributed by atoms with Crippen LogP contribution < -0.4 is 14.8 Å². The first kappa shape index (κ1) is 24.7. The van der Waals surface area contributed by atoms with Crippen molar-refractivity contribution in [2.24, 2.45) is 0 Å². The van der Waals surface area contributed by atoms with Gasteiger partial charge in [0.1, 0.15) is 36.2 Å². The van der Waals surface area contributed by atoms with Crippen LogP contribution in [0.15, 0.2) is 70.5 Å². The average molecular weight is 498 g/mol. The zero-order chi connectivity index (χ0) is 25.1. The SMILES string of the molecule is CCOC(=O)C1=C([S+](C)C(C)c2ccccc2)NC(C)=C([N+](=O)[O-])C1c1cccc2c1OCCO2. The fourth-order valence-corrected chi connectivity index (χ4v) is 6.21. The minimum Gasteiger partial charge on any atom is -0.486 e. The van der Waals surface area contributed by atoms with Crippen LogP contribution in [-0.2, 0) is 20.4 Å². The molecule has 4 rings (SSSR count). The summed E-state index contributed by atoms with van der Waals surface area (Å²) in [6.07, 6.45) is 2.04. The molecule has 0 saturated carbocycles. The van der Waals surface area contributed by atoms with Crippen molar-refractivity contribution in [1.82, 2.24) is 5.32 Å². The van der Waals surface area contributed by atoms with Gasteiger partial charge < -0.3 is 19.5 Å². The topological polar surface area (TPSA) is 99.9 Å². The van der Waals surface area contributed by atoms with Crippen LogP contribution in [0.25, 0.3) is 0 Å². The Hall–Kier alpha value is -3.46. The Bertz CT molecular complexity index is 1190. The second-order valence-electron chi connectivity index (χ2n) is 8.27. The van der Waals surface area contributed by atoms with Crippen molar-refractivity contribution < 1.29 is 23.9 Å². The average Bonchev–Trinajstić information content (AvgIpc) is 2.87. The number of hydrogen-bond acceptors (Lipinski definition) is 7. The number of rotatable bonds is 7. The minimum atomic E-state index is -0.977. The van der Waals surface area contributed by atoms with Gasteiger partial charge in [-0.15, -0.1) is 0 Å². The van der Waals surface area contributed by atoms with Gasteiger partial charge in [-0.05, 0) is 26.8 Å². The van der Waals surface area contributed by atoms with Crippen LogP contribution in [0.3, 0.4) is 0 Å². The summed E-state index contributed by atoms with van der Waals surface area (Å²) in [6, 6.07) is 15.3. The van der Waals surface area contributed by atoms with Crippen molar-refractivity contribution >= 4 is 16.9 Å². The van der Waals surface area contributed by atoms with Gasteiger partial charge in [-0.25, -0.2) is 4.79 Å². The lowest BCUT2D eigenvalue weighted by Gasteiger charge is -2.29. The fourth-order valence-electron chi connectivity index (χ4n) is 4.43. The molecule has 9 heteroatoms. The molecule has 2 heterocycles. The number of nitrogens with zero attached hydrogens (tertiary/aromatic N) is 1. The Morgan fingerprint density at radius 2 is 1.91 bits per heavy atom. The van der Waals surface area contributed by atoms with E-state index in [4.69, 9.17) is 14.2 Å². The molecule has 3 unspecified atom stereocenters. The third-order valence-corrected chi connectivity index (χ3v) is 8.51. The molecule has 8 nitrogen and oxygen atoms in total. The summed E-state index contributed by atoms with van der Waals surface area (Å²) < 4.78 is 17.1. The smallest absolute Gasteiger partial charge is 0.342 e. The maximum absolute atomic E-state index is 13.5. The third kappa shape index (κ3) is 4.73. The minimum absolute atomic E-state index is 0.0537. The van der Waals surface area contributed by atoms with Crippen molar-refractivity contribution in [3.05, 3.63) is 91.8 Å². The number of fused-ring (bicyclic) bond motifs is 1. The molecule has 0 aromatic heterocycles. The molecule has 35 heavy (non-hydrogen) atoms. The maximum atomic E-state index is 13.5. The van der Waals surface area contributed by atoms with E-state index in [-0.39, 0.29) is 23.1 Å². The molecule has 2 aliphatic heterocycles. The highest BCUT2D eigenvalue weighted by molar-refractivity contribution is 8.00. The summed E-state index contributed by atoms with van der Waals surface area (Å²) in [7, 11) is -0.513. The van der Waals surface area contributed by atoms with E-state index in [2.05, 4.69) is 12.2 Å². The van der Waals surface area contributed by atoms with Gasteiger partial charge in [0, 0.05) is 22.0 Å². The Morgan fingerprint density at radius 3 is 2.60 bits per heavy atom. The predicted molar refractivity (Wildman–Crippen MR) is 135 cm³/mol. The van der Waals surface area contributed by atoms with Crippen molar-refractivity contribution in [2.45, 2.75) is 31.9 Å². The number of nitro groups is 1. The molecule has 2 aromatic carbocycles. The first-order chi connectivity index (χ1) is 16.8. The van der Waals surface area contributed by atoms with Crippen LogP contribution >= 0.6 is 0 Å². The number of para-hydroxylation sites is 1. The van der Waals surface area contributed by atoms with Crippen LogP contribution in [0.5, 0.6) is 11.5 Å². The number of dihydropyridines is 1. The predicted octanol–water partition coefficient (Wildman–Crippen LogP) is 4.44. The second kappa shape index (κ2) is 10.4. The van der Waals surface area contributed by atoms with Gasteiger partial charge in [-0.3, -0.25) is 10.1 Å². The van der Waals surface area contributed by atoms with Crippen molar-refractivity contribution in [3.8, 4) is 11.5 Å². The monoisotopic (exact) mass is 497 g/mol. The quantitative estimate of drug-likeness (QED) is 0.261. The van der Waals surface area contributed by atoms with Crippen LogP contribution in [0.4, 0.5) is 0 Å². The van der Waals surface area contributed by atoms with Crippen LogP contribution in [0.1, 0.15) is 43.1 Å². The Labute approximate surface area is 207 Å². The van der Waals surface area contributed by atoms with E-state index in [0.29, 0.717) is 41.0 Å². The summed E-state index contributed by atoms with van der Waals surface area (Å²) in [5, 5.41) is 16.3. The van der Waals surface area contributed by atoms with Crippen molar-refractivity contribution in [1.29, 1.82) is 0 Å². The van der Waals surface area contributed by atoms with Crippen LogP contribution in [-0.4, -0.2) is 37.0 Å². The molecule has 184 valence electrons. The van der Waals surface area contributed by atoms with E-state index in [1.807, 2.05) is 36.6 Å². The van der Waals surface area contributed by atoms with E-state index in [9.17, 15) is 14.9 Å². The summed E-state index contributed by atoms with van der Waals surface area (Å²) >= 11 is 0. The lowest BCUT2D eigenvalue weighted by molar-refractivity contribution is -0.431. The number of nitrogens with one attached hydrogen (secondary N) is 1. The summed E-state index contributed by atoms with van der Waals surface area (Å²) in [5.41, 5.74) is 2.14. The van der Waals surface area contributed by atoms with Gasteiger partial charge in [0.15, 0.2) is 11.5 Å². The number of hydrogen-bond donors (Lipinski definition) is 1. The molecule has 2 aromatic rings. The number of benzene rings is 2. The molecule has 0 bridgehead atoms. The van der Waals surface area contributed by atoms with E-state index in [1.54, 1.807) is 32.0 Å². The molecule has 0 aliphatic carbocycles. The molecule has 0 fully saturated rings. The maximum Gasteiger partial charge on any atom is 0.342 e. The highest BCUT2D eigenvalue weighted by Crippen LogP contribution is 2.48. The van der Waals surface area contributed by atoms with Crippen LogP contribution in [0, 0.1) is 10.1 Å². The summed E-state index contributed by atoms with van der Waals surface area (Å²) in [4.78, 5) is 25.4.